The molecular weight excluding hydrogens is 340 g/mol. The van der Waals surface area contributed by atoms with Crippen LogP contribution in [0.4, 0.5) is 0 Å². The smallest absolute Gasteiger partial charge is 0.251 e. The zero-order valence-corrected chi connectivity index (χ0v) is 16.0. The van der Waals surface area contributed by atoms with E-state index in [4.69, 9.17) is 4.74 Å². The van der Waals surface area contributed by atoms with Crippen LogP contribution in [0.3, 0.4) is 0 Å². The van der Waals surface area contributed by atoms with Crippen LogP contribution in [-0.2, 0) is 6.42 Å². The highest BCUT2D eigenvalue weighted by atomic mass is 16.5. The molecule has 0 bridgehead atoms. The number of carbonyl (C=O) groups is 1. The topological polar surface area (TPSA) is 74.8 Å². The molecule has 0 saturated carbocycles. The summed E-state index contributed by atoms with van der Waals surface area (Å²) in [4.78, 5) is 16.7. The fourth-order valence-electron chi connectivity index (χ4n) is 2.48. The van der Waals surface area contributed by atoms with Crippen molar-refractivity contribution >= 4 is 11.9 Å². The van der Waals surface area contributed by atoms with Crippen molar-refractivity contribution in [3.8, 4) is 5.75 Å². The quantitative estimate of drug-likeness (QED) is 0.360. The first-order chi connectivity index (χ1) is 13.2. The van der Waals surface area contributed by atoms with Crippen LogP contribution in [0.15, 0.2) is 59.6 Å². The number of hydrogen-bond acceptors (Lipinski definition) is 3. The van der Waals surface area contributed by atoms with E-state index < -0.39 is 0 Å². The summed E-state index contributed by atoms with van der Waals surface area (Å²) >= 11 is 0. The third-order valence-electron chi connectivity index (χ3n) is 3.91. The zero-order valence-electron chi connectivity index (χ0n) is 16.0. The average molecular weight is 368 g/mol. The van der Waals surface area contributed by atoms with Crippen molar-refractivity contribution in [1.29, 1.82) is 0 Å². The number of ether oxygens (including phenoxy) is 1. The molecule has 2 rings (SSSR count). The minimum atomic E-state index is -0.106. The third kappa shape index (κ3) is 7.40. The van der Waals surface area contributed by atoms with Gasteiger partial charge in [0.1, 0.15) is 5.75 Å². The van der Waals surface area contributed by atoms with Crippen molar-refractivity contribution in [2.45, 2.75) is 13.3 Å². The van der Waals surface area contributed by atoms with E-state index in [1.807, 2.05) is 25.1 Å². The van der Waals surface area contributed by atoms with Gasteiger partial charge in [0.2, 0.25) is 0 Å². The number of nitrogens with one attached hydrogen (secondary N) is 3. The van der Waals surface area contributed by atoms with E-state index in [9.17, 15) is 4.79 Å². The van der Waals surface area contributed by atoms with Gasteiger partial charge in [-0.05, 0) is 43.2 Å². The molecule has 2 aromatic rings. The molecule has 0 spiro atoms. The number of nitrogens with zero attached hydrogens (tertiary/aromatic N) is 1. The number of aliphatic imine (C=N–C) groups is 1. The van der Waals surface area contributed by atoms with Crippen LogP contribution in [0, 0.1) is 0 Å². The van der Waals surface area contributed by atoms with Gasteiger partial charge in [-0.3, -0.25) is 9.79 Å². The number of carbonyl (C=O) groups excluding carboxylic acids is 1. The third-order valence-corrected chi connectivity index (χ3v) is 3.91. The van der Waals surface area contributed by atoms with Gasteiger partial charge in [0.05, 0.1) is 7.11 Å². The number of hydrogen-bond donors (Lipinski definition) is 3. The van der Waals surface area contributed by atoms with Gasteiger partial charge >= 0.3 is 0 Å². The second kappa shape index (κ2) is 11.6. The Bertz CT molecular complexity index is 715. The first-order valence-corrected chi connectivity index (χ1v) is 9.21. The van der Waals surface area contributed by atoms with Gasteiger partial charge in [-0.2, -0.15) is 0 Å². The molecule has 0 radical (unpaired) electrons. The lowest BCUT2D eigenvalue weighted by Gasteiger charge is -2.12. The standard InChI is InChI=1S/C21H28N4O2/c1-3-22-21(24-14-13-17-7-5-4-6-8-17)25-16-15-23-20(26)18-9-11-19(27-2)12-10-18/h4-12H,3,13-16H2,1-2H3,(H,23,26)(H2,22,24,25). The van der Waals surface area contributed by atoms with Crippen molar-refractivity contribution in [2.24, 2.45) is 4.99 Å². The molecule has 0 unspecified atom stereocenters. The molecule has 2 aromatic carbocycles. The molecule has 0 fully saturated rings. The van der Waals surface area contributed by atoms with Gasteiger partial charge in [-0.15, -0.1) is 0 Å². The van der Waals surface area contributed by atoms with Crippen molar-refractivity contribution in [2.75, 3.05) is 33.3 Å². The number of rotatable bonds is 9. The molecule has 0 aromatic heterocycles. The molecule has 1 amide bonds. The fourth-order valence-corrected chi connectivity index (χ4v) is 2.48. The molecule has 6 nitrogen and oxygen atoms in total. The van der Waals surface area contributed by atoms with Crippen molar-refractivity contribution < 1.29 is 9.53 Å². The maximum absolute atomic E-state index is 12.1. The normalized spacial score (nSPS) is 11.0. The summed E-state index contributed by atoms with van der Waals surface area (Å²) in [6.07, 6.45) is 0.894. The Hall–Kier alpha value is -3.02. The maximum atomic E-state index is 12.1. The van der Waals surface area contributed by atoms with Gasteiger partial charge in [-0.1, -0.05) is 30.3 Å². The Morgan fingerprint density at radius 3 is 2.33 bits per heavy atom. The van der Waals surface area contributed by atoms with Crippen LogP contribution in [0.1, 0.15) is 22.8 Å². The summed E-state index contributed by atoms with van der Waals surface area (Å²) in [6, 6.07) is 17.3. The molecular formula is C21H28N4O2. The van der Waals surface area contributed by atoms with Crippen molar-refractivity contribution in [3.05, 3.63) is 65.7 Å². The highest BCUT2D eigenvalue weighted by Gasteiger charge is 2.05. The zero-order chi connectivity index (χ0) is 19.3. The molecule has 0 saturated heterocycles. The number of benzene rings is 2. The molecule has 27 heavy (non-hydrogen) atoms. The molecule has 3 N–H and O–H groups in total. The molecule has 144 valence electrons. The predicted octanol–water partition coefficient (Wildman–Crippen LogP) is 2.22. The van der Waals surface area contributed by atoms with Gasteiger partial charge in [-0.25, -0.2) is 0 Å². The van der Waals surface area contributed by atoms with E-state index in [0.29, 0.717) is 25.2 Å². The summed E-state index contributed by atoms with van der Waals surface area (Å²) < 4.78 is 5.10. The number of amides is 1. The highest BCUT2D eigenvalue weighted by molar-refractivity contribution is 5.94. The van der Waals surface area contributed by atoms with Crippen LogP contribution in [0.25, 0.3) is 0 Å². The van der Waals surface area contributed by atoms with Gasteiger partial charge < -0.3 is 20.7 Å². The lowest BCUT2D eigenvalue weighted by molar-refractivity contribution is 0.0954. The number of guanidine groups is 1. The van der Waals surface area contributed by atoms with Crippen molar-refractivity contribution in [1.82, 2.24) is 16.0 Å². The highest BCUT2D eigenvalue weighted by Crippen LogP contribution is 2.10. The van der Waals surface area contributed by atoms with Crippen LogP contribution in [-0.4, -0.2) is 45.2 Å². The van der Waals surface area contributed by atoms with E-state index in [2.05, 4.69) is 33.1 Å². The first-order valence-electron chi connectivity index (χ1n) is 9.21. The van der Waals surface area contributed by atoms with E-state index in [1.165, 1.54) is 5.56 Å². The Labute approximate surface area is 161 Å². The average Bonchev–Trinajstić information content (AvgIpc) is 2.71. The lowest BCUT2D eigenvalue weighted by atomic mass is 10.2. The minimum absolute atomic E-state index is 0.106. The second-order valence-corrected chi connectivity index (χ2v) is 5.91. The summed E-state index contributed by atoms with van der Waals surface area (Å²) in [5, 5.41) is 9.34. The second-order valence-electron chi connectivity index (χ2n) is 5.91. The molecule has 0 aliphatic carbocycles. The van der Waals surface area contributed by atoms with Crippen LogP contribution < -0.4 is 20.7 Å². The van der Waals surface area contributed by atoms with E-state index in [-0.39, 0.29) is 5.91 Å². The molecule has 0 heterocycles. The van der Waals surface area contributed by atoms with E-state index in [1.54, 1.807) is 31.4 Å². The minimum Gasteiger partial charge on any atom is -0.497 e. The molecule has 6 heteroatoms. The first kappa shape index (κ1) is 20.3. The Kier molecular flexibility index (Phi) is 8.69. The number of methoxy groups -OCH3 is 1. The van der Waals surface area contributed by atoms with E-state index in [0.717, 1.165) is 24.7 Å². The summed E-state index contributed by atoms with van der Waals surface area (Å²) in [5.41, 5.74) is 1.88. The maximum Gasteiger partial charge on any atom is 0.251 e. The fraction of sp³-hybridized carbons (Fsp3) is 0.333. The van der Waals surface area contributed by atoms with E-state index >= 15 is 0 Å². The largest absolute Gasteiger partial charge is 0.497 e. The monoisotopic (exact) mass is 368 g/mol. The summed E-state index contributed by atoms with van der Waals surface area (Å²) in [5.74, 6) is 1.38. The summed E-state index contributed by atoms with van der Waals surface area (Å²) in [6.45, 7) is 4.62. The predicted molar refractivity (Wildman–Crippen MR) is 109 cm³/mol. The van der Waals surface area contributed by atoms with Gasteiger partial charge in [0, 0.05) is 31.7 Å². The molecule has 0 aliphatic heterocycles. The molecule has 0 aliphatic rings. The summed E-state index contributed by atoms with van der Waals surface area (Å²) in [7, 11) is 1.60. The van der Waals surface area contributed by atoms with Crippen LogP contribution >= 0.6 is 0 Å². The Morgan fingerprint density at radius 2 is 1.67 bits per heavy atom. The SMILES string of the molecule is CCNC(=NCCc1ccccc1)NCCNC(=O)c1ccc(OC)cc1. The lowest BCUT2D eigenvalue weighted by Crippen LogP contribution is -2.41. The van der Waals surface area contributed by atoms with Crippen LogP contribution in [0.5, 0.6) is 5.75 Å². The Balaban J connectivity index is 1.72. The van der Waals surface area contributed by atoms with Gasteiger partial charge in [0.15, 0.2) is 5.96 Å². The van der Waals surface area contributed by atoms with Crippen molar-refractivity contribution in [3.63, 3.8) is 0 Å². The van der Waals surface area contributed by atoms with Gasteiger partial charge in [0.25, 0.3) is 5.91 Å². The molecule has 0 atom stereocenters. The Morgan fingerprint density at radius 1 is 0.963 bits per heavy atom. The van der Waals surface area contributed by atoms with Crippen LogP contribution in [0.2, 0.25) is 0 Å².